The molecular formula is C15H17N5OS. The molecule has 0 radical (unpaired) electrons. The number of hydrogen-bond donors (Lipinski definition) is 1. The molecule has 0 saturated heterocycles. The highest BCUT2D eigenvalue weighted by Crippen LogP contribution is 2.23. The van der Waals surface area contributed by atoms with E-state index in [9.17, 15) is 4.79 Å². The van der Waals surface area contributed by atoms with Crippen molar-refractivity contribution in [3.63, 3.8) is 0 Å². The van der Waals surface area contributed by atoms with Crippen LogP contribution < -0.4 is 0 Å². The van der Waals surface area contributed by atoms with E-state index in [0.717, 1.165) is 22.7 Å². The maximum absolute atomic E-state index is 12.4. The summed E-state index contributed by atoms with van der Waals surface area (Å²) in [5.41, 5.74) is 2.30. The molecule has 3 heterocycles. The highest BCUT2D eigenvalue weighted by Gasteiger charge is 2.17. The summed E-state index contributed by atoms with van der Waals surface area (Å²) < 4.78 is 1.84. The average molecular weight is 315 g/mol. The fraction of sp³-hybridized carbons (Fsp3) is 0.267. The van der Waals surface area contributed by atoms with Gasteiger partial charge < -0.3 is 4.90 Å². The molecule has 0 aliphatic heterocycles. The van der Waals surface area contributed by atoms with Crippen LogP contribution in [-0.4, -0.2) is 37.8 Å². The first-order chi connectivity index (χ1) is 10.7. The summed E-state index contributed by atoms with van der Waals surface area (Å²) in [6, 6.07) is 5.76. The van der Waals surface area contributed by atoms with Gasteiger partial charge in [0.1, 0.15) is 0 Å². The molecule has 0 aromatic carbocycles. The van der Waals surface area contributed by atoms with E-state index in [1.807, 2.05) is 35.3 Å². The van der Waals surface area contributed by atoms with E-state index in [4.69, 9.17) is 0 Å². The van der Waals surface area contributed by atoms with Gasteiger partial charge in [-0.25, -0.2) is 0 Å². The molecule has 0 atom stereocenters. The number of aryl methyl sites for hydroxylation is 1. The first-order valence-electron chi connectivity index (χ1n) is 7.03. The lowest BCUT2D eigenvalue weighted by Crippen LogP contribution is -2.26. The third kappa shape index (κ3) is 2.94. The molecule has 6 nitrogen and oxygen atoms in total. The van der Waals surface area contributed by atoms with Gasteiger partial charge in [0.2, 0.25) is 0 Å². The first-order valence-corrected chi connectivity index (χ1v) is 7.91. The SMILES string of the molecule is CCn1cc(CN(C)C(=O)c2cc(-c3cccs3)[nH]n2)cn1. The zero-order valence-corrected chi connectivity index (χ0v) is 13.3. The quantitative estimate of drug-likeness (QED) is 0.787. The Labute approximate surface area is 132 Å². The predicted molar refractivity (Wildman–Crippen MR) is 85.6 cm³/mol. The molecule has 1 N–H and O–H groups in total. The molecule has 114 valence electrons. The zero-order valence-electron chi connectivity index (χ0n) is 12.5. The summed E-state index contributed by atoms with van der Waals surface area (Å²) in [7, 11) is 1.77. The van der Waals surface area contributed by atoms with Crippen LogP contribution in [0.3, 0.4) is 0 Å². The van der Waals surface area contributed by atoms with Crippen LogP contribution in [0.2, 0.25) is 0 Å². The molecule has 0 unspecified atom stereocenters. The third-order valence-corrected chi connectivity index (χ3v) is 4.26. The smallest absolute Gasteiger partial charge is 0.274 e. The van der Waals surface area contributed by atoms with Crippen LogP contribution in [-0.2, 0) is 13.1 Å². The number of nitrogens with zero attached hydrogens (tertiary/aromatic N) is 4. The number of thiophene rings is 1. The minimum atomic E-state index is -0.108. The minimum absolute atomic E-state index is 0.108. The Morgan fingerprint density at radius 1 is 1.50 bits per heavy atom. The van der Waals surface area contributed by atoms with Gasteiger partial charge in [-0.1, -0.05) is 6.07 Å². The van der Waals surface area contributed by atoms with Crippen LogP contribution in [0.1, 0.15) is 23.0 Å². The van der Waals surface area contributed by atoms with Crippen molar-refractivity contribution in [1.82, 2.24) is 24.9 Å². The van der Waals surface area contributed by atoms with Crippen LogP contribution in [0.25, 0.3) is 10.6 Å². The molecule has 3 aromatic rings. The number of rotatable bonds is 5. The predicted octanol–water partition coefficient (Wildman–Crippen LogP) is 2.63. The summed E-state index contributed by atoms with van der Waals surface area (Å²) in [4.78, 5) is 15.1. The second-order valence-corrected chi connectivity index (χ2v) is 5.96. The van der Waals surface area contributed by atoms with E-state index in [1.165, 1.54) is 0 Å². The zero-order chi connectivity index (χ0) is 15.5. The van der Waals surface area contributed by atoms with Gasteiger partial charge in [0, 0.05) is 31.9 Å². The Morgan fingerprint density at radius 2 is 2.36 bits per heavy atom. The summed E-state index contributed by atoms with van der Waals surface area (Å²) in [6.45, 7) is 3.36. The molecule has 0 fully saturated rings. The van der Waals surface area contributed by atoms with Gasteiger partial charge in [-0.05, 0) is 24.4 Å². The number of hydrogen-bond acceptors (Lipinski definition) is 4. The van der Waals surface area contributed by atoms with E-state index in [0.29, 0.717) is 12.2 Å². The summed E-state index contributed by atoms with van der Waals surface area (Å²) >= 11 is 1.61. The summed E-state index contributed by atoms with van der Waals surface area (Å²) in [5, 5.41) is 13.3. The summed E-state index contributed by atoms with van der Waals surface area (Å²) in [6.07, 6.45) is 3.74. The molecule has 3 rings (SSSR count). The second-order valence-electron chi connectivity index (χ2n) is 5.01. The van der Waals surface area contributed by atoms with Gasteiger partial charge in [0.15, 0.2) is 5.69 Å². The topological polar surface area (TPSA) is 66.8 Å². The highest BCUT2D eigenvalue weighted by molar-refractivity contribution is 7.13. The van der Waals surface area contributed by atoms with Gasteiger partial charge in [0.25, 0.3) is 5.91 Å². The Hall–Kier alpha value is -2.41. The van der Waals surface area contributed by atoms with Crippen LogP contribution in [0.15, 0.2) is 36.0 Å². The molecule has 1 amide bonds. The molecule has 0 aliphatic carbocycles. The Morgan fingerprint density at radius 3 is 3.05 bits per heavy atom. The molecule has 0 spiro atoms. The van der Waals surface area contributed by atoms with E-state index < -0.39 is 0 Å². The molecule has 22 heavy (non-hydrogen) atoms. The Balaban J connectivity index is 1.70. The Kier molecular flexibility index (Phi) is 4.06. The highest BCUT2D eigenvalue weighted by atomic mass is 32.1. The maximum atomic E-state index is 12.4. The van der Waals surface area contributed by atoms with Gasteiger partial charge in [-0.3, -0.25) is 14.6 Å². The number of carbonyl (C=O) groups is 1. The van der Waals surface area contributed by atoms with Crippen LogP contribution in [0, 0.1) is 0 Å². The molecule has 0 aliphatic rings. The number of carbonyl (C=O) groups excluding carboxylic acids is 1. The lowest BCUT2D eigenvalue weighted by atomic mass is 10.2. The van der Waals surface area contributed by atoms with Crippen molar-refractivity contribution in [3.8, 4) is 10.6 Å². The number of amides is 1. The third-order valence-electron chi connectivity index (χ3n) is 3.36. The van der Waals surface area contributed by atoms with Crippen LogP contribution in [0.5, 0.6) is 0 Å². The summed E-state index contributed by atoms with van der Waals surface area (Å²) in [5.74, 6) is -0.108. The number of nitrogens with one attached hydrogen (secondary N) is 1. The number of aromatic amines is 1. The first kappa shape index (κ1) is 14.5. The van der Waals surface area contributed by atoms with E-state index in [1.54, 1.807) is 35.5 Å². The van der Waals surface area contributed by atoms with E-state index in [2.05, 4.69) is 15.3 Å². The van der Waals surface area contributed by atoms with Crippen LogP contribution >= 0.6 is 11.3 Å². The lowest BCUT2D eigenvalue weighted by Gasteiger charge is -2.14. The lowest BCUT2D eigenvalue weighted by molar-refractivity contribution is 0.0779. The van der Waals surface area contributed by atoms with Crippen LogP contribution in [0.4, 0.5) is 0 Å². The molecule has 0 bridgehead atoms. The van der Waals surface area contributed by atoms with Crippen molar-refractivity contribution >= 4 is 17.2 Å². The molecule has 3 aromatic heterocycles. The van der Waals surface area contributed by atoms with Crippen molar-refractivity contribution in [2.45, 2.75) is 20.0 Å². The number of aromatic nitrogens is 4. The van der Waals surface area contributed by atoms with Crippen molar-refractivity contribution in [2.75, 3.05) is 7.05 Å². The van der Waals surface area contributed by atoms with Gasteiger partial charge >= 0.3 is 0 Å². The fourth-order valence-corrected chi connectivity index (χ4v) is 2.88. The molecule has 7 heteroatoms. The minimum Gasteiger partial charge on any atom is -0.336 e. The normalized spacial score (nSPS) is 10.8. The fourth-order valence-electron chi connectivity index (χ4n) is 2.19. The number of H-pyrrole nitrogens is 1. The largest absolute Gasteiger partial charge is 0.336 e. The Bertz CT molecular complexity index is 759. The van der Waals surface area contributed by atoms with E-state index in [-0.39, 0.29) is 5.91 Å². The standard InChI is InChI=1S/C15H17N5OS/c1-3-20-10-11(8-16-20)9-19(2)15(21)13-7-12(17-18-13)14-5-4-6-22-14/h4-8,10H,3,9H2,1-2H3,(H,17,18). The average Bonchev–Trinajstić information content (AvgIpc) is 3.26. The molecule has 0 saturated carbocycles. The van der Waals surface area contributed by atoms with Crippen molar-refractivity contribution in [3.05, 3.63) is 47.2 Å². The van der Waals surface area contributed by atoms with E-state index >= 15 is 0 Å². The van der Waals surface area contributed by atoms with Gasteiger partial charge in [-0.2, -0.15) is 10.2 Å². The van der Waals surface area contributed by atoms with Gasteiger partial charge in [0.05, 0.1) is 16.8 Å². The van der Waals surface area contributed by atoms with Crippen molar-refractivity contribution < 1.29 is 4.79 Å². The van der Waals surface area contributed by atoms with Gasteiger partial charge in [-0.15, -0.1) is 11.3 Å². The maximum Gasteiger partial charge on any atom is 0.274 e. The molecular weight excluding hydrogens is 298 g/mol. The second kappa shape index (κ2) is 6.15. The van der Waals surface area contributed by atoms with Crippen molar-refractivity contribution in [1.29, 1.82) is 0 Å². The monoisotopic (exact) mass is 315 g/mol. The van der Waals surface area contributed by atoms with Crippen molar-refractivity contribution in [2.24, 2.45) is 0 Å².